The number of hydrogen-bond acceptors (Lipinski definition) is 5. The summed E-state index contributed by atoms with van der Waals surface area (Å²) in [6.07, 6.45) is 3.38. The molecule has 0 unspecified atom stereocenters. The Morgan fingerprint density at radius 2 is 2.15 bits per heavy atom. The molecule has 1 aromatic rings. The van der Waals surface area contributed by atoms with Crippen LogP contribution in [-0.2, 0) is 16.6 Å². The number of sulfonamides is 1. The summed E-state index contributed by atoms with van der Waals surface area (Å²) in [6, 6.07) is 0. The number of unbranched alkanes of at least 4 members (excludes halogenated alkanes) is 1. The lowest BCUT2D eigenvalue weighted by Gasteiger charge is -2.10. The molecule has 1 rings (SSSR count). The summed E-state index contributed by atoms with van der Waals surface area (Å²) in [7, 11) is -1.90. The molecule has 2 N–H and O–H groups in total. The summed E-state index contributed by atoms with van der Waals surface area (Å²) in [5.41, 5.74) is 0.272. The van der Waals surface area contributed by atoms with E-state index in [9.17, 15) is 13.2 Å². The van der Waals surface area contributed by atoms with Crippen molar-refractivity contribution in [2.75, 3.05) is 24.7 Å². The van der Waals surface area contributed by atoms with Crippen LogP contribution in [-0.4, -0.2) is 37.5 Å². The fraction of sp³-hybridized carbons (Fsp3) is 0.636. The van der Waals surface area contributed by atoms with Crippen molar-refractivity contribution in [2.45, 2.75) is 26.3 Å². The van der Waals surface area contributed by atoms with Crippen LogP contribution < -0.4 is 15.6 Å². The third-order valence-corrected chi connectivity index (χ3v) is 4.84. The first kappa shape index (κ1) is 17.1. The maximum absolute atomic E-state index is 12.0. The molecule has 0 aliphatic heterocycles. The molecule has 114 valence electrons. The number of aryl methyl sites for hydroxylation is 1. The summed E-state index contributed by atoms with van der Waals surface area (Å²) in [5, 5.41) is 6.94. The molecule has 0 atom stereocenters. The molecule has 7 nitrogen and oxygen atoms in total. The first-order chi connectivity index (χ1) is 9.41. The predicted octanol–water partition coefficient (Wildman–Crippen LogP) is 0.767. The molecule has 0 spiro atoms. The molecule has 1 aromatic heterocycles. The Balaban J connectivity index is 2.73. The lowest BCUT2D eigenvalue weighted by atomic mass is 10.3. The molecular formula is C11H19BrN4O3S. The van der Waals surface area contributed by atoms with Crippen molar-refractivity contribution in [3.05, 3.63) is 21.0 Å². The second kappa shape index (κ2) is 7.75. The van der Waals surface area contributed by atoms with Crippen LogP contribution in [0, 0.1) is 0 Å². The molecule has 0 aromatic carbocycles. The van der Waals surface area contributed by atoms with Crippen molar-refractivity contribution in [2.24, 2.45) is 0 Å². The van der Waals surface area contributed by atoms with Gasteiger partial charge in [0.15, 0.2) is 0 Å². The van der Waals surface area contributed by atoms with Gasteiger partial charge in [0.25, 0.3) is 5.56 Å². The monoisotopic (exact) mass is 366 g/mol. The van der Waals surface area contributed by atoms with Crippen molar-refractivity contribution >= 4 is 31.6 Å². The van der Waals surface area contributed by atoms with Gasteiger partial charge in [-0.25, -0.2) is 17.8 Å². The molecule has 0 radical (unpaired) electrons. The second-order valence-corrected chi connectivity index (χ2v) is 7.04. The van der Waals surface area contributed by atoms with Gasteiger partial charge >= 0.3 is 0 Å². The van der Waals surface area contributed by atoms with Gasteiger partial charge < -0.3 is 5.32 Å². The third kappa shape index (κ3) is 4.88. The smallest absolute Gasteiger partial charge is 0.283 e. The molecule has 0 saturated carbocycles. The van der Waals surface area contributed by atoms with Crippen molar-refractivity contribution in [3.63, 3.8) is 0 Å². The zero-order valence-electron chi connectivity index (χ0n) is 11.5. The van der Waals surface area contributed by atoms with E-state index in [0.29, 0.717) is 16.7 Å². The number of halogens is 1. The average molecular weight is 367 g/mol. The average Bonchev–Trinajstić information content (AvgIpc) is 2.42. The zero-order chi connectivity index (χ0) is 15.2. The van der Waals surface area contributed by atoms with Gasteiger partial charge in [0.2, 0.25) is 10.0 Å². The van der Waals surface area contributed by atoms with E-state index < -0.39 is 10.0 Å². The number of hydrogen-bond donors (Lipinski definition) is 2. The van der Waals surface area contributed by atoms with E-state index in [1.807, 2.05) is 6.92 Å². The Labute approximate surface area is 126 Å². The van der Waals surface area contributed by atoms with Crippen LogP contribution in [0.3, 0.4) is 0 Å². The minimum Gasteiger partial charge on any atom is -0.382 e. The Morgan fingerprint density at radius 3 is 2.75 bits per heavy atom. The Hall–Kier alpha value is -0.930. The van der Waals surface area contributed by atoms with Crippen LogP contribution in [0.5, 0.6) is 0 Å². The maximum Gasteiger partial charge on any atom is 0.283 e. The lowest BCUT2D eigenvalue weighted by molar-refractivity contribution is 0.541. The van der Waals surface area contributed by atoms with Crippen molar-refractivity contribution in [3.8, 4) is 0 Å². The summed E-state index contributed by atoms with van der Waals surface area (Å²) >= 11 is 3.22. The summed E-state index contributed by atoms with van der Waals surface area (Å²) in [5.74, 6) is -0.0745. The molecule has 0 aliphatic carbocycles. The fourth-order valence-electron chi connectivity index (χ4n) is 1.48. The fourth-order valence-corrected chi connectivity index (χ4v) is 2.50. The van der Waals surface area contributed by atoms with Gasteiger partial charge in [-0.3, -0.25) is 4.79 Å². The number of rotatable bonds is 8. The highest BCUT2D eigenvalue weighted by atomic mass is 79.9. The van der Waals surface area contributed by atoms with Crippen molar-refractivity contribution in [1.29, 1.82) is 0 Å². The summed E-state index contributed by atoms with van der Waals surface area (Å²) < 4.78 is 26.5. The molecule has 0 bridgehead atoms. The van der Waals surface area contributed by atoms with Gasteiger partial charge in [0.05, 0.1) is 17.6 Å². The van der Waals surface area contributed by atoms with Gasteiger partial charge in [-0.05, 0) is 29.4 Å². The van der Waals surface area contributed by atoms with Gasteiger partial charge in [-0.1, -0.05) is 13.3 Å². The first-order valence-electron chi connectivity index (χ1n) is 6.32. The van der Waals surface area contributed by atoms with E-state index in [0.717, 1.165) is 12.8 Å². The third-order valence-electron chi connectivity index (χ3n) is 2.71. The van der Waals surface area contributed by atoms with Crippen LogP contribution in [0.2, 0.25) is 0 Å². The number of anilines is 1. The zero-order valence-corrected chi connectivity index (χ0v) is 13.9. The van der Waals surface area contributed by atoms with Gasteiger partial charge in [0.1, 0.15) is 4.47 Å². The second-order valence-electron chi connectivity index (χ2n) is 4.20. The largest absolute Gasteiger partial charge is 0.382 e. The van der Waals surface area contributed by atoms with Gasteiger partial charge in [-0.2, -0.15) is 5.10 Å². The molecule has 0 aliphatic rings. The predicted molar refractivity (Wildman–Crippen MR) is 82.4 cm³/mol. The number of nitrogens with zero attached hydrogens (tertiary/aromatic N) is 2. The summed E-state index contributed by atoms with van der Waals surface area (Å²) in [6.45, 7) is 2.81. The van der Waals surface area contributed by atoms with Gasteiger partial charge in [-0.15, -0.1) is 0 Å². The van der Waals surface area contributed by atoms with E-state index in [-0.39, 0.29) is 17.9 Å². The van der Waals surface area contributed by atoms with Crippen LogP contribution in [0.4, 0.5) is 5.69 Å². The molecule has 0 amide bonds. The molecule has 0 fully saturated rings. The minimum atomic E-state index is -3.26. The van der Waals surface area contributed by atoms with Gasteiger partial charge in [0, 0.05) is 13.1 Å². The lowest BCUT2D eigenvalue weighted by Crippen LogP contribution is -2.28. The molecule has 20 heavy (non-hydrogen) atoms. The van der Waals surface area contributed by atoms with Crippen LogP contribution in [0.1, 0.15) is 19.8 Å². The van der Waals surface area contributed by atoms with Crippen molar-refractivity contribution in [1.82, 2.24) is 14.5 Å². The highest BCUT2D eigenvalue weighted by Gasteiger charge is 2.10. The standard InChI is InChI=1S/C11H19BrN4O3S/c1-3-4-6-16-11(17)10(12)9(8-15-16)14-5-7-20(18,19)13-2/h8,13-14H,3-7H2,1-2H3. The summed E-state index contributed by atoms with van der Waals surface area (Å²) in [4.78, 5) is 12.0. The first-order valence-corrected chi connectivity index (χ1v) is 8.76. The van der Waals surface area contributed by atoms with Crippen molar-refractivity contribution < 1.29 is 8.42 Å². The van der Waals surface area contributed by atoms with Crippen LogP contribution in [0.25, 0.3) is 0 Å². The van der Waals surface area contributed by atoms with E-state index in [1.165, 1.54) is 17.9 Å². The molecule has 9 heteroatoms. The van der Waals surface area contributed by atoms with E-state index in [2.05, 4.69) is 31.1 Å². The van der Waals surface area contributed by atoms with Crippen LogP contribution in [0.15, 0.2) is 15.5 Å². The van der Waals surface area contributed by atoms with E-state index in [1.54, 1.807) is 0 Å². The highest BCUT2D eigenvalue weighted by Crippen LogP contribution is 2.15. The minimum absolute atomic E-state index is 0.0745. The Kier molecular flexibility index (Phi) is 6.63. The molecule has 1 heterocycles. The number of aromatic nitrogens is 2. The van der Waals surface area contributed by atoms with E-state index >= 15 is 0 Å². The quantitative estimate of drug-likeness (QED) is 0.708. The van der Waals surface area contributed by atoms with E-state index in [4.69, 9.17) is 0 Å². The highest BCUT2D eigenvalue weighted by molar-refractivity contribution is 9.10. The number of nitrogens with one attached hydrogen (secondary N) is 2. The topological polar surface area (TPSA) is 93.1 Å². The Bertz CT molecular complexity index is 600. The molecular weight excluding hydrogens is 348 g/mol. The Morgan fingerprint density at radius 1 is 1.45 bits per heavy atom. The normalized spacial score (nSPS) is 11.6. The van der Waals surface area contributed by atoms with Crippen LogP contribution >= 0.6 is 15.9 Å². The molecule has 0 saturated heterocycles. The SMILES string of the molecule is CCCCn1ncc(NCCS(=O)(=O)NC)c(Br)c1=O. The maximum atomic E-state index is 12.0.